The molecule has 0 bridgehead atoms. The van der Waals surface area contributed by atoms with Crippen molar-refractivity contribution in [2.24, 2.45) is 0 Å². The van der Waals surface area contributed by atoms with Crippen LogP contribution in [0.5, 0.6) is 5.75 Å². The van der Waals surface area contributed by atoms with Crippen LogP contribution in [0.3, 0.4) is 0 Å². The van der Waals surface area contributed by atoms with E-state index in [4.69, 9.17) is 4.74 Å². The molecular weight excluding hydrogens is 496 g/mol. The fourth-order valence-electron chi connectivity index (χ4n) is 4.03. The summed E-state index contributed by atoms with van der Waals surface area (Å²) in [6, 6.07) is 13.3. The molecule has 190 valence electrons. The average molecular weight is 521 g/mol. The predicted octanol–water partition coefficient (Wildman–Crippen LogP) is 4.99. The normalized spacial score (nSPS) is 14.4. The molecule has 0 aliphatic carbocycles. The lowest BCUT2D eigenvalue weighted by Crippen LogP contribution is -2.36. The van der Waals surface area contributed by atoms with Crippen molar-refractivity contribution >= 4 is 46.3 Å². The molecule has 11 heteroatoms. The van der Waals surface area contributed by atoms with Gasteiger partial charge < -0.3 is 14.6 Å². The highest BCUT2D eigenvalue weighted by Gasteiger charge is 2.36. The minimum Gasteiger partial charge on any atom is -0.495 e. The standard InChI is InChI=1S/C26H24N4O6S/c1-15-5-7-19(8-6-15)27-24(31)14-28-25(32)23(37-26(28)33)12-18-11-16(2)29(17(18)3)21-13-20(30(34)35)9-10-22(21)36-4/h5-13H,14H2,1-4H3,(H,27,31)/b23-12-. The average Bonchev–Trinajstić information content (AvgIpc) is 3.28. The molecule has 1 saturated heterocycles. The van der Waals surface area contributed by atoms with E-state index >= 15 is 0 Å². The van der Waals surface area contributed by atoms with Crippen molar-refractivity contribution in [1.82, 2.24) is 9.47 Å². The number of anilines is 1. The third-order valence-corrected chi connectivity index (χ3v) is 6.79. The van der Waals surface area contributed by atoms with Crippen LogP contribution in [0.2, 0.25) is 0 Å². The summed E-state index contributed by atoms with van der Waals surface area (Å²) >= 11 is 0.756. The van der Waals surface area contributed by atoms with Gasteiger partial charge in [0.15, 0.2) is 0 Å². The van der Waals surface area contributed by atoms with E-state index in [2.05, 4.69) is 5.32 Å². The van der Waals surface area contributed by atoms with Crippen LogP contribution >= 0.6 is 11.8 Å². The maximum Gasteiger partial charge on any atom is 0.294 e. The molecule has 1 fully saturated rings. The molecule has 0 unspecified atom stereocenters. The van der Waals surface area contributed by atoms with Gasteiger partial charge in [0.2, 0.25) is 5.91 Å². The molecule has 3 aromatic rings. The molecule has 2 aromatic carbocycles. The molecule has 0 radical (unpaired) electrons. The van der Waals surface area contributed by atoms with Gasteiger partial charge in [0.05, 0.1) is 22.6 Å². The number of aryl methyl sites for hydroxylation is 2. The van der Waals surface area contributed by atoms with Crippen LogP contribution in [0.4, 0.5) is 16.2 Å². The molecule has 0 atom stereocenters. The number of nitrogens with zero attached hydrogens (tertiary/aromatic N) is 3. The molecule has 1 aromatic heterocycles. The van der Waals surface area contributed by atoms with E-state index < -0.39 is 28.5 Å². The van der Waals surface area contributed by atoms with E-state index in [0.717, 1.165) is 27.9 Å². The summed E-state index contributed by atoms with van der Waals surface area (Å²) in [6.07, 6.45) is 1.59. The number of rotatable bonds is 7. The van der Waals surface area contributed by atoms with Gasteiger partial charge in [-0.2, -0.15) is 0 Å². The number of carbonyl (C=O) groups excluding carboxylic acids is 3. The van der Waals surface area contributed by atoms with Crippen molar-refractivity contribution in [1.29, 1.82) is 0 Å². The van der Waals surface area contributed by atoms with E-state index in [1.807, 2.05) is 32.0 Å². The van der Waals surface area contributed by atoms with Crippen molar-refractivity contribution in [3.63, 3.8) is 0 Å². The third kappa shape index (κ3) is 5.26. The van der Waals surface area contributed by atoms with E-state index in [1.165, 1.54) is 25.3 Å². The number of carbonyl (C=O) groups is 3. The maximum absolute atomic E-state index is 13.0. The summed E-state index contributed by atoms with van der Waals surface area (Å²) in [6.45, 7) is 5.15. The maximum atomic E-state index is 13.0. The number of amides is 3. The highest BCUT2D eigenvalue weighted by Crippen LogP contribution is 2.35. The molecule has 0 saturated carbocycles. The number of methoxy groups -OCH3 is 1. The summed E-state index contributed by atoms with van der Waals surface area (Å²) in [5, 5.41) is 13.5. The zero-order valence-corrected chi connectivity index (χ0v) is 21.4. The summed E-state index contributed by atoms with van der Waals surface area (Å²) in [5.41, 5.74) is 4.10. The van der Waals surface area contributed by atoms with Crippen molar-refractivity contribution in [2.75, 3.05) is 19.0 Å². The largest absolute Gasteiger partial charge is 0.495 e. The molecule has 3 amide bonds. The topological polar surface area (TPSA) is 124 Å². The SMILES string of the molecule is COc1ccc([N+](=O)[O-])cc1-n1c(C)cc(/C=C2\SC(=O)N(CC(=O)Nc3ccc(C)cc3)C2=O)c1C. The first-order valence-corrected chi connectivity index (χ1v) is 12.0. The number of hydrogen-bond acceptors (Lipinski definition) is 7. The predicted molar refractivity (Wildman–Crippen MR) is 141 cm³/mol. The third-order valence-electron chi connectivity index (χ3n) is 5.88. The highest BCUT2D eigenvalue weighted by atomic mass is 32.2. The number of nitro benzene ring substituents is 1. The van der Waals surface area contributed by atoms with Crippen molar-refractivity contribution in [3.05, 3.63) is 86.1 Å². The Morgan fingerprint density at radius 1 is 1.11 bits per heavy atom. The van der Waals surface area contributed by atoms with Gasteiger partial charge in [-0.3, -0.25) is 29.4 Å². The number of nitro groups is 1. The molecule has 2 heterocycles. The second kappa shape index (κ2) is 10.3. The number of benzene rings is 2. The van der Waals surface area contributed by atoms with Gasteiger partial charge in [0.25, 0.3) is 16.8 Å². The van der Waals surface area contributed by atoms with Gasteiger partial charge in [0.1, 0.15) is 12.3 Å². The van der Waals surface area contributed by atoms with Gasteiger partial charge in [-0.1, -0.05) is 17.7 Å². The number of imide groups is 1. The van der Waals surface area contributed by atoms with Crippen molar-refractivity contribution in [2.45, 2.75) is 20.8 Å². The van der Waals surface area contributed by atoms with Gasteiger partial charge in [-0.15, -0.1) is 0 Å². The molecule has 1 aliphatic heterocycles. The second-order valence-electron chi connectivity index (χ2n) is 8.46. The lowest BCUT2D eigenvalue weighted by molar-refractivity contribution is -0.384. The molecule has 1 N–H and O–H groups in total. The number of non-ortho nitro benzene ring substituents is 1. The van der Waals surface area contributed by atoms with Crippen LogP contribution in [0.25, 0.3) is 11.8 Å². The highest BCUT2D eigenvalue weighted by molar-refractivity contribution is 8.18. The Morgan fingerprint density at radius 2 is 1.81 bits per heavy atom. The van der Waals surface area contributed by atoms with E-state index in [-0.39, 0.29) is 10.6 Å². The van der Waals surface area contributed by atoms with Gasteiger partial charge >= 0.3 is 0 Å². The molecule has 0 spiro atoms. The number of ether oxygens (including phenoxy) is 1. The summed E-state index contributed by atoms with van der Waals surface area (Å²) < 4.78 is 7.20. The van der Waals surface area contributed by atoms with Crippen LogP contribution in [-0.2, 0) is 9.59 Å². The monoisotopic (exact) mass is 520 g/mol. The van der Waals surface area contributed by atoms with Crippen LogP contribution < -0.4 is 10.1 Å². The van der Waals surface area contributed by atoms with Gasteiger partial charge in [0, 0.05) is 29.2 Å². The van der Waals surface area contributed by atoms with Crippen molar-refractivity contribution < 1.29 is 24.0 Å². The Kier molecular flexibility index (Phi) is 7.16. The Bertz CT molecular complexity index is 1460. The van der Waals surface area contributed by atoms with Gasteiger partial charge in [-0.25, -0.2) is 0 Å². The first-order valence-electron chi connectivity index (χ1n) is 11.2. The Hall–Kier alpha value is -4.38. The first kappa shape index (κ1) is 25.7. The zero-order valence-electron chi connectivity index (χ0n) is 20.6. The van der Waals surface area contributed by atoms with E-state index in [9.17, 15) is 24.5 Å². The minimum atomic E-state index is -0.563. The van der Waals surface area contributed by atoms with Crippen LogP contribution in [0.1, 0.15) is 22.5 Å². The zero-order chi connectivity index (χ0) is 26.9. The molecule has 37 heavy (non-hydrogen) atoms. The fourth-order valence-corrected chi connectivity index (χ4v) is 4.86. The molecule has 1 aliphatic rings. The van der Waals surface area contributed by atoms with Crippen LogP contribution in [0.15, 0.2) is 53.4 Å². The number of thioether (sulfide) groups is 1. The quantitative estimate of drug-likeness (QED) is 0.264. The number of nitrogens with one attached hydrogen (secondary N) is 1. The molecule has 10 nitrogen and oxygen atoms in total. The van der Waals surface area contributed by atoms with E-state index in [1.54, 1.807) is 29.7 Å². The minimum absolute atomic E-state index is 0.0881. The summed E-state index contributed by atoms with van der Waals surface area (Å²) in [5.74, 6) is -0.603. The number of hydrogen-bond donors (Lipinski definition) is 1. The van der Waals surface area contributed by atoms with Gasteiger partial charge in [-0.05, 0) is 68.4 Å². The first-order chi connectivity index (χ1) is 17.6. The smallest absolute Gasteiger partial charge is 0.294 e. The van der Waals surface area contributed by atoms with Crippen molar-refractivity contribution in [3.8, 4) is 11.4 Å². The second-order valence-corrected chi connectivity index (χ2v) is 9.45. The molecule has 4 rings (SSSR count). The fraction of sp³-hybridized carbons (Fsp3) is 0.192. The summed E-state index contributed by atoms with van der Waals surface area (Å²) in [4.78, 5) is 49.9. The lowest BCUT2D eigenvalue weighted by Gasteiger charge is -2.14. The van der Waals surface area contributed by atoms with Crippen LogP contribution in [0, 0.1) is 30.9 Å². The van der Waals surface area contributed by atoms with E-state index in [0.29, 0.717) is 28.4 Å². The Balaban J connectivity index is 1.58. The summed E-state index contributed by atoms with van der Waals surface area (Å²) in [7, 11) is 1.48. The van der Waals surface area contributed by atoms with Crippen LogP contribution in [-0.4, -0.2) is 45.1 Å². The lowest BCUT2D eigenvalue weighted by atomic mass is 10.2. The Morgan fingerprint density at radius 3 is 2.46 bits per heavy atom. The number of aromatic nitrogens is 1. The Labute approximate surface area is 217 Å². The molecular formula is C26H24N4O6S.